The Kier molecular flexibility index (Phi) is 3.70. The van der Waals surface area contributed by atoms with Gasteiger partial charge >= 0.3 is 5.51 Å². The maximum atomic E-state index is 11.9. The smallest absolute Gasteiger partial charge is 0.355 e. The van der Waals surface area contributed by atoms with Crippen LogP contribution in [0.3, 0.4) is 0 Å². The van der Waals surface area contributed by atoms with Crippen molar-refractivity contribution < 1.29 is 13.2 Å². The Hall–Kier alpha value is -1.37. The summed E-state index contributed by atoms with van der Waals surface area (Å²) >= 11 is -0.0340. The Morgan fingerprint density at radius 1 is 1.33 bits per heavy atom. The number of hydrogen-bond donors (Lipinski definition) is 1. The van der Waals surface area contributed by atoms with Crippen molar-refractivity contribution in [1.82, 2.24) is 9.55 Å². The van der Waals surface area contributed by atoms with Crippen LogP contribution in [0, 0.1) is 0 Å². The number of aromatic nitrogens is 2. The summed E-state index contributed by atoms with van der Waals surface area (Å²) in [6.45, 7) is 0.224. The topological polar surface area (TPSA) is 29.9 Å². The van der Waals surface area contributed by atoms with E-state index in [-0.39, 0.29) is 24.1 Å². The van der Waals surface area contributed by atoms with Gasteiger partial charge in [0.2, 0.25) is 5.95 Å². The van der Waals surface area contributed by atoms with Crippen LogP contribution >= 0.6 is 11.8 Å². The Bertz CT molecular complexity index is 536. The SMILES string of the molecule is Cn1c(NCCSC(F)(F)F)nc2ccccc21. The molecule has 2 aromatic rings. The van der Waals surface area contributed by atoms with Gasteiger partial charge in [-0.1, -0.05) is 12.1 Å². The average molecular weight is 275 g/mol. The van der Waals surface area contributed by atoms with Gasteiger partial charge in [-0.25, -0.2) is 4.98 Å². The van der Waals surface area contributed by atoms with E-state index in [4.69, 9.17) is 0 Å². The first-order chi connectivity index (χ1) is 8.47. The van der Waals surface area contributed by atoms with Gasteiger partial charge in [0.1, 0.15) is 0 Å². The molecule has 0 aliphatic heterocycles. The van der Waals surface area contributed by atoms with E-state index in [1.807, 2.05) is 35.9 Å². The van der Waals surface area contributed by atoms with Crippen LogP contribution in [0.1, 0.15) is 0 Å². The normalized spacial score (nSPS) is 12.0. The average Bonchev–Trinajstić information content (AvgIpc) is 2.62. The van der Waals surface area contributed by atoms with E-state index in [9.17, 15) is 13.2 Å². The highest BCUT2D eigenvalue weighted by atomic mass is 32.2. The molecule has 1 aromatic carbocycles. The Morgan fingerprint density at radius 2 is 2.06 bits per heavy atom. The van der Waals surface area contributed by atoms with Crippen molar-refractivity contribution in [3.8, 4) is 0 Å². The van der Waals surface area contributed by atoms with Crippen LogP contribution in [0.15, 0.2) is 24.3 Å². The number of imidazole rings is 1. The van der Waals surface area contributed by atoms with Crippen LogP contribution in [0.5, 0.6) is 0 Å². The van der Waals surface area contributed by atoms with Gasteiger partial charge in [-0.3, -0.25) is 0 Å². The number of hydrogen-bond acceptors (Lipinski definition) is 3. The Morgan fingerprint density at radius 3 is 2.72 bits per heavy atom. The highest BCUT2D eigenvalue weighted by Crippen LogP contribution is 2.29. The number of alkyl halides is 3. The van der Waals surface area contributed by atoms with Crippen LogP contribution < -0.4 is 5.32 Å². The first kappa shape index (κ1) is 13.1. The van der Waals surface area contributed by atoms with E-state index in [1.165, 1.54) is 0 Å². The zero-order chi connectivity index (χ0) is 13.2. The molecule has 0 saturated carbocycles. The molecular formula is C11H12F3N3S. The van der Waals surface area contributed by atoms with Crippen molar-refractivity contribution in [1.29, 1.82) is 0 Å². The summed E-state index contributed by atoms with van der Waals surface area (Å²) < 4.78 is 37.7. The van der Waals surface area contributed by atoms with Gasteiger partial charge < -0.3 is 9.88 Å². The standard InChI is InChI=1S/C11H12F3N3S/c1-17-9-5-3-2-4-8(9)16-10(17)15-6-7-18-11(12,13)14/h2-5H,6-7H2,1H3,(H,15,16). The maximum Gasteiger partial charge on any atom is 0.441 e. The number of aryl methyl sites for hydroxylation is 1. The molecule has 98 valence electrons. The molecule has 18 heavy (non-hydrogen) atoms. The van der Waals surface area contributed by atoms with Crippen molar-refractivity contribution in [3.63, 3.8) is 0 Å². The molecule has 0 unspecified atom stereocenters. The molecule has 2 rings (SSSR count). The zero-order valence-corrected chi connectivity index (χ0v) is 10.5. The van der Waals surface area contributed by atoms with Crippen LogP contribution in [0.4, 0.5) is 19.1 Å². The minimum atomic E-state index is -4.17. The number of fused-ring (bicyclic) bond motifs is 1. The number of thioether (sulfide) groups is 1. The van der Waals surface area contributed by atoms with E-state index in [0.717, 1.165) is 11.0 Å². The van der Waals surface area contributed by atoms with E-state index >= 15 is 0 Å². The fourth-order valence-electron chi connectivity index (χ4n) is 1.63. The molecule has 0 aliphatic carbocycles. The summed E-state index contributed by atoms with van der Waals surface area (Å²) in [4.78, 5) is 4.31. The second-order valence-corrected chi connectivity index (χ2v) is 4.86. The first-order valence-electron chi connectivity index (χ1n) is 5.33. The minimum Gasteiger partial charge on any atom is -0.355 e. The lowest BCUT2D eigenvalue weighted by atomic mass is 10.3. The maximum absolute atomic E-state index is 11.9. The molecular weight excluding hydrogens is 263 g/mol. The van der Waals surface area contributed by atoms with Gasteiger partial charge in [-0.15, -0.1) is 0 Å². The lowest BCUT2D eigenvalue weighted by Gasteiger charge is -2.07. The van der Waals surface area contributed by atoms with E-state index in [1.54, 1.807) is 0 Å². The third-order valence-electron chi connectivity index (χ3n) is 2.44. The van der Waals surface area contributed by atoms with E-state index in [2.05, 4.69) is 10.3 Å². The third kappa shape index (κ3) is 3.10. The quantitative estimate of drug-likeness (QED) is 0.869. The predicted molar refractivity (Wildman–Crippen MR) is 67.7 cm³/mol. The number of nitrogens with one attached hydrogen (secondary N) is 1. The predicted octanol–water partition coefficient (Wildman–Crippen LogP) is 3.24. The summed E-state index contributed by atoms with van der Waals surface area (Å²) in [5, 5.41) is 2.91. The van der Waals surface area contributed by atoms with Crippen LogP contribution in [-0.2, 0) is 7.05 Å². The Labute approximate surface area is 106 Å². The molecule has 7 heteroatoms. The molecule has 3 nitrogen and oxygen atoms in total. The van der Waals surface area contributed by atoms with Crippen LogP contribution in [0.25, 0.3) is 11.0 Å². The summed E-state index contributed by atoms with van der Waals surface area (Å²) in [6, 6.07) is 7.55. The number of benzene rings is 1. The highest BCUT2D eigenvalue weighted by Gasteiger charge is 2.27. The second-order valence-electron chi connectivity index (χ2n) is 3.70. The summed E-state index contributed by atoms with van der Waals surface area (Å²) in [7, 11) is 1.83. The van der Waals surface area contributed by atoms with Crippen LogP contribution in [-0.4, -0.2) is 27.4 Å². The van der Waals surface area contributed by atoms with Gasteiger partial charge in [0.05, 0.1) is 11.0 Å². The fraction of sp³-hybridized carbons (Fsp3) is 0.364. The lowest BCUT2D eigenvalue weighted by molar-refractivity contribution is -0.0327. The van der Waals surface area contributed by atoms with Crippen molar-refractivity contribution in [3.05, 3.63) is 24.3 Å². The number of anilines is 1. The van der Waals surface area contributed by atoms with Crippen molar-refractivity contribution in [2.24, 2.45) is 7.05 Å². The number of halogens is 3. The van der Waals surface area contributed by atoms with Gasteiger partial charge in [-0.05, 0) is 23.9 Å². The molecule has 1 heterocycles. The summed E-state index contributed by atoms with van der Waals surface area (Å²) in [5.41, 5.74) is -2.40. The highest BCUT2D eigenvalue weighted by molar-refractivity contribution is 8.00. The molecule has 0 atom stereocenters. The first-order valence-corrected chi connectivity index (χ1v) is 6.32. The molecule has 0 radical (unpaired) electrons. The molecule has 0 saturated heterocycles. The molecule has 0 aliphatic rings. The molecule has 0 spiro atoms. The van der Waals surface area contributed by atoms with Gasteiger partial charge in [0, 0.05) is 19.3 Å². The zero-order valence-electron chi connectivity index (χ0n) is 9.66. The second kappa shape index (κ2) is 5.09. The van der Waals surface area contributed by atoms with Gasteiger partial charge in [0.25, 0.3) is 0 Å². The van der Waals surface area contributed by atoms with E-state index < -0.39 is 5.51 Å². The fourth-order valence-corrected chi connectivity index (χ4v) is 2.07. The van der Waals surface area contributed by atoms with Gasteiger partial charge in [0.15, 0.2) is 0 Å². The molecule has 1 aromatic heterocycles. The number of para-hydroxylation sites is 2. The molecule has 0 amide bonds. The number of nitrogens with zero attached hydrogens (tertiary/aromatic N) is 2. The largest absolute Gasteiger partial charge is 0.441 e. The lowest BCUT2D eigenvalue weighted by Crippen LogP contribution is -2.11. The van der Waals surface area contributed by atoms with Crippen LogP contribution in [0.2, 0.25) is 0 Å². The van der Waals surface area contributed by atoms with Crippen molar-refractivity contribution >= 4 is 28.7 Å². The third-order valence-corrected chi connectivity index (χ3v) is 3.17. The Balaban J connectivity index is 1.98. The van der Waals surface area contributed by atoms with Crippen molar-refractivity contribution in [2.75, 3.05) is 17.6 Å². The van der Waals surface area contributed by atoms with Crippen molar-refractivity contribution in [2.45, 2.75) is 5.51 Å². The summed E-state index contributed by atoms with van der Waals surface area (Å²) in [5.74, 6) is 0.547. The molecule has 0 bridgehead atoms. The summed E-state index contributed by atoms with van der Waals surface area (Å²) in [6.07, 6.45) is 0. The molecule has 0 fully saturated rings. The monoisotopic (exact) mass is 275 g/mol. The van der Waals surface area contributed by atoms with Gasteiger partial charge in [-0.2, -0.15) is 13.2 Å². The minimum absolute atomic E-state index is 0.0340. The number of rotatable bonds is 4. The molecule has 1 N–H and O–H groups in total. The van der Waals surface area contributed by atoms with E-state index in [0.29, 0.717) is 5.95 Å².